The zero-order valence-electron chi connectivity index (χ0n) is 64.6. The molecule has 0 aromatic heterocycles. The molecule has 2 aromatic carbocycles. The van der Waals surface area contributed by atoms with E-state index in [0.717, 1.165) is 116 Å². The summed E-state index contributed by atoms with van der Waals surface area (Å²) < 4.78 is 42.2. The molecular weight excluding hydrogens is 1410 g/mol. The third kappa shape index (κ3) is 18.4. The molecule has 0 amide bonds. The van der Waals surface area contributed by atoms with Crippen LogP contribution in [0.1, 0.15) is 289 Å². The van der Waals surface area contributed by atoms with Gasteiger partial charge < -0.3 is 0 Å². The van der Waals surface area contributed by atoms with Crippen LogP contribution >= 0.6 is 0 Å². The first-order valence-corrected chi connectivity index (χ1v) is 45.7. The molecule has 0 radical (unpaired) electrons. The van der Waals surface area contributed by atoms with E-state index in [1.54, 1.807) is 72.8 Å². The van der Waals surface area contributed by atoms with E-state index in [1.807, 2.05) is 24.3 Å². The standard InChI is InChI=1S/C23H38O.C23H34O.C11H18O.2C11H14O.2C6H6O2Se.CH4/c2*1-5-15(2)19-8-9-20-18-7-6-16-14-17(24)10-12-22(16,3)21(18)11-13-23(19,20)4;3*1-11-6-3-2-4-9(11)8-10(12)5-7-11;2*7-9(8)6-4-2-1-3-5-6;/h15-16,18-21H,5-14H2,1-4H3;10,12,14-15,18-21H,5-9,11,13H2,1-4H3;9H,2-8H2,1H3;2*5,7-8H,2-4,6H2,1H3;2*1-5,9H;1H4/t15-,16-,18?,19-,20?,21?,22+,23-;15-,18?,19-,20?,21?,22+,23-;9-,11+;2*11-;;;/m11100.../s1. The average Bonchev–Trinajstić information content (AvgIpc) is 1.70. The van der Waals surface area contributed by atoms with Crippen molar-refractivity contribution >= 4 is 65.4 Å². The molecule has 9 nitrogen and oxygen atoms in total. The molecule has 11 heteroatoms. The van der Waals surface area contributed by atoms with E-state index in [9.17, 15) is 39.3 Å². The van der Waals surface area contributed by atoms with Crippen molar-refractivity contribution in [2.24, 2.45) is 109 Å². The van der Waals surface area contributed by atoms with Gasteiger partial charge in [0.15, 0.2) is 17.3 Å². The van der Waals surface area contributed by atoms with Crippen LogP contribution in [0.25, 0.3) is 0 Å². The van der Waals surface area contributed by atoms with Crippen LogP contribution in [0.3, 0.4) is 0 Å². The number of hydrogen-bond acceptors (Lipinski definition) is 9. The van der Waals surface area contributed by atoms with Crippen LogP contribution in [0.2, 0.25) is 0 Å². The predicted molar refractivity (Wildman–Crippen MR) is 422 cm³/mol. The SMILES string of the molecule is C.CC[C@@H](C)[C@H]1CCC2C3CCC4=CC(=O)C=C[C@]4(C)C3CC[C@@]21C.CC[C@@H](C)[C@H]1CCC2C3CC[C@@H]4CC(=O)CC[C@]4(C)C3CC[C@@]21C.C[C@@]12CCCC[C@@H]1CC(=O)CC2.C[C@]12C=CC(=O)C=C1CCCC2.C[C@]12C=CC(=O)C=C1CCCC2.O=[SeH](=O)c1ccccc1.O=[SeH](=O)c1ccccc1. The van der Waals surface area contributed by atoms with Crippen molar-refractivity contribution < 1.29 is 39.3 Å². The Bertz CT molecular complexity index is 3530. The Morgan fingerprint density at radius 3 is 1.32 bits per heavy atom. The number of rotatable bonds is 6. The molecule has 568 valence electrons. The molecule has 0 spiro atoms. The number of hydrogen-bond donors (Lipinski definition) is 0. The van der Waals surface area contributed by atoms with Gasteiger partial charge in [0.1, 0.15) is 11.6 Å². The number of allylic oxidation sites excluding steroid dienone is 12. The summed E-state index contributed by atoms with van der Waals surface area (Å²) in [5, 5.41) is 0. The molecule has 103 heavy (non-hydrogen) atoms. The Hall–Kier alpha value is -4.53. The van der Waals surface area contributed by atoms with Crippen LogP contribution in [-0.2, 0) is 39.3 Å². The van der Waals surface area contributed by atoms with Crippen molar-refractivity contribution in [2.75, 3.05) is 0 Å². The molecule has 6 unspecified atom stereocenters. The summed E-state index contributed by atoms with van der Waals surface area (Å²) in [5.74, 6) is 12.1. The summed E-state index contributed by atoms with van der Waals surface area (Å²) in [7, 11) is 0. The molecule has 0 aliphatic heterocycles. The van der Waals surface area contributed by atoms with Crippen LogP contribution in [0.15, 0.2) is 132 Å². The topological polar surface area (TPSA) is 154 Å². The average molecular weight is 1540 g/mol. The van der Waals surface area contributed by atoms with E-state index >= 15 is 0 Å². The predicted octanol–water partition coefficient (Wildman–Crippen LogP) is 21.0. The molecule has 11 saturated carbocycles. The fourth-order valence-corrected chi connectivity index (χ4v) is 25.9. The summed E-state index contributed by atoms with van der Waals surface area (Å²) in [5.41, 5.74) is 6.91. The molecule has 0 bridgehead atoms. The molecule has 19 atom stereocenters. The third-order valence-corrected chi connectivity index (χ3v) is 33.9. The summed E-state index contributed by atoms with van der Waals surface area (Å²) in [6.45, 7) is 26.9. The first kappa shape index (κ1) is 82.5. The molecule has 11 fully saturated rings. The quantitative estimate of drug-likeness (QED) is 0.257. The minimum atomic E-state index is -3.09. The van der Waals surface area contributed by atoms with Gasteiger partial charge in [-0.2, -0.15) is 0 Å². The second kappa shape index (κ2) is 35.2. The van der Waals surface area contributed by atoms with Crippen LogP contribution in [0, 0.1) is 109 Å². The Balaban J connectivity index is 0.000000145. The molecular formula is C92H134O9Se2. The van der Waals surface area contributed by atoms with Crippen molar-refractivity contribution in [3.05, 3.63) is 132 Å². The van der Waals surface area contributed by atoms with Gasteiger partial charge in [0.05, 0.1) is 0 Å². The molecule has 0 N–H and O–H groups in total. The molecule has 0 heterocycles. The van der Waals surface area contributed by atoms with E-state index in [-0.39, 0.29) is 41.0 Å². The second-order valence-corrected chi connectivity index (χ2v) is 40.6. The van der Waals surface area contributed by atoms with Gasteiger partial charge in [0, 0.05) is 41.9 Å². The van der Waals surface area contributed by atoms with Gasteiger partial charge in [-0.25, -0.2) is 0 Å². The van der Waals surface area contributed by atoms with Crippen molar-refractivity contribution in [1.82, 2.24) is 0 Å². The van der Waals surface area contributed by atoms with Gasteiger partial charge in [-0.15, -0.1) is 0 Å². The molecule has 0 saturated heterocycles. The summed E-state index contributed by atoms with van der Waals surface area (Å²) in [6, 6.07) is 16.8. The maximum atomic E-state index is 12.0. The van der Waals surface area contributed by atoms with Gasteiger partial charge >= 0.3 is 112 Å². The van der Waals surface area contributed by atoms with Crippen molar-refractivity contribution in [3.63, 3.8) is 0 Å². The minimum absolute atomic E-state index is 0. The van der Waals surface area contributed by atoms with Crippen molar-refractivity contribution in [2.45, 2.75) is 289 Å². The summed E-state index contributed by atoms with van der Waals surface area (Å²) in [4.78, 5) is 57.3. The Labute approximate surface area is 630 Å². The van der Waals surface area contributed by atoms with Crippen LogP contribution in [0.4, 0.5) is 0 Å². The Kier molecular flexibility index (Phi) is 28.2. The van der Waals surface area contributed by atoms with Crippen molar-refractivity contribution in [1.29, 1.82) is 0 Å². The Morgan fingerprint density at radius 2 is 0.835 bits per heavy atom. The fraction of sp³-hybridized carbons (Fsp3) is 0.685. The number of carbonyl (C=O) groups is 5. The molecule has 14 aliphatic rings. The molecule has 14 aliphatic carbocycles. The van der Waals surface area contributed by atoms with E-state index in [0.29, 0.717) is 48.1 Å². The number of Topliss-reactive ketones (excluding diaryl/α,β-unsaturated/α-hetero) is 2. The zero-order chi connectivity index (χ0) is 73.4. The monoisotopic (exact) mass is 1540 g/mol. The third-order valence-electron chi connectivity index (χ3n) is 30.9. The normalized spacial score (nSPS) is 38.1. The fourth-order valence-electron chi connectivity index (χ4n) is 24.1. The van der Waals surface area contributed by atoms with Gasteiger partial charge in [-0.3, -0.25) is 24.0 Å². The molecule has 16 rings (SSSR count). The van der Waals surface area contributed by atoms with Crippen LogP contribution in [-0.4, -0.2) is 56.4 Å². The zero-order valence-corrected chi connectivity index (χ0v) is 68.3. The number of benzene rings is 2. The van der Waals surface area contributed by atoms with E-state index in [4.69, 9.17) is 0 Å². The van der Waals surface area contributed by atoms with Gasteiger partial charge in [0.25, 0.3) is 0 Å². The number of ketones is 5. The maximum absolute atomic E-state index is 12.0. The summed E-state index contributed by atoms with van der Waals surface area (Å²) in [6.07, 6.45) is 57.8. The van der Waals surface area contributed by atoms with E-state index < -0.39 is 27.5 Å². The summed E-state index contributed by atoms with van der Waals surface area (Å²) >= 11 is -6.18. The van der Waals surface area contributed by atoms with E-state index in [1.165, 1.54) is 171 Å². The van der Waals surface area contributed by atoms with Crippen LogP contribution < -0.4 is 8.92 Å². The van der Waals surface area contributed by atoms with E-state index in [2.05, 4.69) is 94.4 Å². The van der Waals surface area contributed by atoms with Crippen molar-refractivity contribution in [3.8, 4) is 0 Å². The number of carbonyl (C=O) groups excluding carboxylic acids is 5. The first-order chi connectivity index (χ1) is 48.5. The molecule has 2 aromatic rings. The van der Waals surface area contributed by atoms with Gasteiger partial charge in [-0.05, 0) is 270 Å². The first-order valence-electron chi connectivity index (χ1n) is 40.8. The second-order valence-electron chi connectivity index (χ2n) is 36.3. The number of fused-ring (bicyclic) bond motifs is 13. The Morgan fingerprint density at radius 1 is 0.398 bits per heavy atom. The van der Waals surface area contributed by atoms with Crippen LogP contribution in [0.5, 0.6) is 0 Å². The van der Waals surface area contributed by atoms with Gasteiger partial charge in [0.2, 0.25) is 0 Å². The van der Waals surface area contributed by atoms with Gasteiger partial charge in [-0.1, -0.05) is 157 Å².